The lowest BCUT2D eigenvalue weighted by molar-refractivity contribution is 0.497. The molecular formula is C12H11ClFNO. The molecule has 0 aliphatic heterocycles. The lowest BCUT2D eigenvalue weighted by atomic mass is 10.1. The lowest BCUT2D eigenvalue weighted by Crippen LogP contribution is -2.04. The molecule has 1 aromatic heterocycles. The zero-order chi connectivity index (χ0) is 11.5. The maximum atomic E-state index is 12.9. The van der Waals surface area contributed by atoms with Crippen LogP contribution in [-0.4, -0.2) is 7.05 Å². The van der Waals surface area contributed by atoms with Gasteiger partial charge in [0.1, 0.15) is 11.6 Å². The van der Waals surface area contributed by atoms with Gasteiger partial charge in [-0.3, -0.25) is 0 Å². The van der Waals surface area contributed by atoms with E-state index in [1.165, 1.54) is 12.1 Å². The van der Waals surface area contributed by atoms with Gasteiger partial charge in [0, 0.05) is 11.1 Å². The van der Waals surface area contributed by atoms with Crippen molar-refractivity contribution in [2.75, 3.05) is 7.05 Å². The summed E-state index contributed by atoms with van der Waals surface area (Å²) in [7, 11) is 1.83. The molecule has 2 nitrogen and oxygen atoms in total. The van der Waals surface area contributed by atoms with Crippen LogP contribution >= 0.6 is 11.6 Å². The van der Waals surface area contributed by atoms with E-state index in [2.05, 4.69) is 5.32 Å². The zero-order valence-electron chi connectivity index (χ0n) is 8.76. The van der Waals surface area contributed by atoms with Crippen molar-refractivity contribution in [2.45, 2.75) is 6.54 Å². The number of halogens is 2. The van der Waals surface area contributed by atoms with E-state index in [0.29, 0.717) is 11.6 Å². The van der Waals surface area contributed by atoms with Crippen LogP contribution in [0, 0.1) is 5.82 Å². The molecule has 84 valence electrons. The molecule has 0 amide bonds. The van der Waals surface area contributed by atoms with E-state index in [0.717, 1.165) is 16.9 Å². The fourth-order valence-electron chi connectivity index (χ4n) is 1.59. The molecule has 0 spiro atoms. The van der Waals surface area contributed by atoms with Crippen LogP contribution in [0.1, 0.15) is 5.76 Å². The Morgan fingerprint density at radius 3 is 2.81 bits per heavy atom. The van der Waals surface area contributed by atoms with Gasteiger partial charge in [0.05, 0.1) is 17.8 Å². The standard InChI is InChI=1S/C12H11ClFNO/c1-15-7-12-10(4-5-16-12)9-3-2-8(14)6-11(9)13/h2-6,15H,7H2,1H3. The lowest BCUT2D eigenvalue weighted by Gasteiger charge is -2.04. The Kier molecular flexibility index (Phi) is 3.27. The first-order valence-corrected chi connectivity index (χ1v) is 5.26. The third-order valence-corrected chi connectivity index (χ3v) is 2.62. The summed E-state index contributed by atoms with van der Waals surface area (Å²) in [6.45, 7) is 0.607. The Balaban J connectivity index is 2.46. The van der Waals surface area contributed by atoms with Crippen molar-refractivity contribution in [3.05, 3.63) is 47.1 Å². The number of nitrogens with one attached hydrogen (secondary N) is 1. The molecule has 2 aromatic rings. The Morgan fingerprint density at radius 1 is 1.31 bits per heavy atom. The predicted octanol–water partition coefficient (Wildman–Crippen LogP) is 3.46. The van der Waals surface area contributed by atoms with Gasteiger partial charge in [-0.15, -0.1) is 0 Å². The van der Waals surface area contributed by atoms with Crippen molar-refractivity contribution in [3.63, 3.8) is 0 Å². The third kappa shape index (κ3) is 2.10. The first-order valence-electron chi connectivity index (χ1n) is 4.88. The molecule has 0 aliphatic carbocycles. The van der Waals surface area contributed by atoms with Crippen molar-refractivity contribution in [2.24, 2.45) is 0 Å². The number of hydrogen-bond acceptors (Lipinski definition) is 2. The third-order valence-electron chi connectivity index (χ3n) is 2.30. The highest BCUT2D eigenvalue weighted by Gasteiger charge is 2.11. The van der Waals surface area contributed by atoms with Crippen LogP contribution in [0.2, 0.25) is 5.02 Å². The Hall–Kier alpha value is -1.32. The number of rotatable bonds is 3. The molecule has 0 unspecified atom stereocenters. The van der Waals surface area contributed by atoms with E-state index in [4.69, 9.17) is 16.0 Å². The van der Waals surface area contributed by atoms with Gasteiger partial charge in [-0.05, 0) is 31.3 Å². The number of hydrogen-bond donors (Lipinski definition) is 1. The maximum Gasteiger partial charge on any atom is 0.125 e. The second-order valence-corrected chi connectivity index (χ2v) is 3.82. The average Bonchev–Trinajstić information content (AvgIpc) is 2.67. The summed E-state index contributed by atoms with van der Waals surface area (Å²) in [5, 5.41) is 3.39. The highest BCUT2D eigenvalue weighted by atomic mass is 35.5. The van der Waals surface area contributed by atoms with Crippen molar-refractivity contribution in [1.29, 1.82) is 0 Å². The highest BCUT2D eigenvalue weighted by Crippen LogP contribution is 2.31. The molecule has 0 aliphatic rings. The Labute approximate surface area is 98.0 Å². The summed E-state index contributed by atoms with van der Waals surface area (Å²) in [5.74, 6) is 0.448. The summed E-state index contributed by atoms with van der Waals surface area (Å²) in [6, 6.07) is 6.16. The van der Waals surface area contributed by atoms with Gasteiger partial charge in [-0.1, -0.05) is 11.6 Å². The van der Waals surface area contributed by atoms with Gasteiger partial charge in [-0.2, -0.15) is 0 Å². The second-order valence-electron chi connectivity index (χ2n) is 3.41. The molecule has 2 rings (SSSR count). The van der Waals surface area contributed by atoms with Crippen LogP contribution in [0.3, 0.4) is 0 Å². The molecule has 1 aromatic carbocycles. The van der Waals surface area contributed by atoms with Gasteiger partial charge in [0.25, 0.3) is 0 Å². The van der Waals surface area contributed by atoms with E-state index in [1.807, 2.05) is 13.1 Å². The van der Waals surface area contributed by atoms with Crippen LogP contribution < -0.4 is 5.32 Å². The van der Waals surface area contributed by atoms with Crippen LogP contribution in [0.4, 0.5) is 4.39 Å². The molecule has 0 radical (unpaired) electrons. The molecular weight excluding hydrogens is 229 g/mol. The number of benzene rings is 1. The first kappa shape index (κ1) is 11.2. The Bertz CT molecular complexity index is 496. The minimum absolute atomic E-state index is 0.340. The fourth-order valence-corrected chi connectivity index (χ4v) is 1.85. The summed E-state index contributed by atoms with van der Waals surface area (Å²) in [6.07, 6.45) is 1.60. The molecule has 4 heteroatoms. The van der Waals surface area contributed by atoms with Crippen molar-refractivity contribution in [1.82, 2.24) is 5.32 Å². The number of furan rings is 1. The predicted molar refractivity (Wildman–Crippen MR) is 61.9 cm³/mol. The summed E-state index contributed by atoms with van der Waals surface area (Å²) < 4.78 is 18.2. The topological polar surface area (TPSA) is 25.2 Å². The molecule has 16 heavy (non-hydrogen) atoms. The van der Waals surface area contributed by atoms with Crippen LogP contribution in [0.25, 0.3) is 11.1 Å². The molecule has 0 fully saturated rings. The monoisotopic (exact) mass is 239 g/mol. The van der Waals surface area contributed by atoms with Crippen LogP contribution in [0.15, 0.2) is 34.9 Å². The fraction of sp³-hybridized carbons (Fsp3) is 0.167. The minimum atomic E-state index is -0.340. The normalized spacial score (nSPS) is 10.7. The molecule has 0 saturated carbocycles. The van der Waals surface area contributed by atoms with Gasteiger partial charge in [0.2, 0.25) is 0 Å². The SMILES string of the molecule is CNCc1occc1-c1ccc(F)cc1Cl. The van der Waals surface area contributed by atoms with Gasteiger partial charge in [0.15, 0.2) is 0 Å². The maximum absolute atomic E-state index is 12.9. The van der Waals surface area contributed by atoms with Crippen LogP contribution in [0.5, 0.6) is 0 Å². The molecule has 1 heterocycles. The van der Waals surface area contributed by atoms with Crippen molar-refractivity contribution >= 4 is 11.6 Å². The summed E-state index contributed by atoms with van der Waals surface area (Å²) in [5.41, 5.74) is 1.67. The van der Waals surface area contributed by atoms with Gasteiger partial charge >= 0.3 is 0 Å². The molecule has 0 bridgehead atoms. The van der Waals surface area contributed by atoms with E-state index in [9.17, 15) is 4.39 Å². The van der Waals surface area contributed by atoms with Gasteiger partial charge in [-0.25, -0.2) is 4.39 Å². The van der Waals surface area contributed by atoms with E-state index in [-0.39, 0.29) is 5.82 Å². The van der Waals surface area contributed by atoms with E-state index < -0.39 is 0 Å². The summed E-state index contributed by atoms with van der Waals surface area (Å²) >= 11 is 5.99. The highest BCUT2D eigenvalue weighted by molar-refractivity contribution is 6.33. The van der Waals surface area contributed by atoms with E-state index >= 15 is 0 Å². The molecule has 1 N–H and O–H groups in total. The van der Waals surface area contributed by atoms with E-state index in [1.54, 1.807) is 12.3 Å². The van der Waals surface area contributed by atoms with Gasteiger partial charge < -0.3 is 9.73 Å². The average molecular weight is 240 g/mol. The first-order chi connectivity index (χ1) is 7.72. The quantitative estimate of drug-likeness (QED) is 0.888. The minimum Gasteiger partial charge on any atom is -0.467 e. The second kappa shape index (κ2) is 4.68. The van der Waals surface area contributed by atoms with Crippen molar-refractivity contribution in [3.8, 4) is 11.1 Å². The molecule has 0 atom stereocenters. The van der Waals surface area contributed by atoms with Crippen molar-refractivity contribution < 1.29 is 8.81 Å². The summed E-state index contributed by atoms with van der Waals surface area (Å²) in [4.78, 5) is 0. The smallest absolute Gasteiger partial charge is 0.125 e. The zero-order valence-corrected chi connectivity index (χ0v) is 9.51. The van der Waals surface area contributed by atoms with Crippen LogP contribution in [-0.2, 0) is 6.54 Å². The molecule has 0 saturated heterocycles. The largest absolute Gasteiger partial charge is 0.467 e. The Morgan fingerprint density at radius 2 is 2.12 bits per heavy atom.